The fourth-order valence-electron chi connectivity index (χ4n) is 1.85. The molecule has 2 N–H and O–H groups in total. The summed E-state index contributed by atoms with van der Waals surface area (Å²) in [5.41, 5.74) is 6.61. The molecule has 2 nitrogen and oxygen atoms in total. The minimum atomic E-state index is -4.31. The lowest BCUT2D eigenvalue weighted by Crippen LogP contribution is -2.19. The van der Waals surface area contributed by atoms with Crippen molar-refractivity contribution in [2.45, 2.75) is 38.6 Å². The van der Waals surface area contributed by atoms with Crippen LogP contribution in [0.15, 0.2) is 18.2 Å². The number of ether oxygens (including phenoxy) is 1. The molecule has 0 fully saturated rings. The molecule has 1 aromatic rings. The van der Waals surface area contributed by atoms with Gasteiger partial charge in [-0.3, -0.25) is 0 Å². The highest BCUT2D eigenvalue weighted by atomic mass is 19.4. The molecule has 1 rings (SSSR count). The van der Waals surface area contributed by atoms with Gasteiger partial charge in [-0.1, -0.05) is 6.07 Å². The highest BCUT2D eigenvalue weighted by Gasteiger charge is 2.30. The van der Waals surface area contributed by atoms with Crippen LogP contribution in [0.4, 0.5) is 13.2 Å². The Kier molecular flexibility index (Phi) is 4.76. The van der Waals surface area contributed by atoms with Crippen molar-refractivity contribution in [3.05, 3.63) is 34.9 Å². The van der Waals surface area contributed by atoms with Crippen molar-refractivity contribution in [3.8, 4) is 0 Å². The van der Waals surface area contributed by atoms with Crippen LogP contribution in [0.25, 0.3) is 0 Å². The van der Waals surface area contributed by atoms with Crippen LogP contribution in [0.5, 0.6) is 0 Å². The van der Waals surface area contributed by atoms with Crippen LogP contribution in [0.3, 0.4) is 0 Å². The molecule has 0 amide bonds. The van der Waals surface area contributed by atoms with E-state index < -0.39 is 11.7 Å². The third-order valence-electron chi connectivity index (χ3n) is 2.98. The number of halogens is 3. The van der Waals surface area contributed by atoms with Crippen molar-refractivity contribution in [1.82, 2.24) is 0 Å². The van der Waals surface area contributed by atoms with Crippen molar-refractivity contribution in [3.63, 3.8) is 0 Å². The number of benzene rings is 1. The SMILES string of the molecule is COC(C)CC(N)c1ccc(C(F)(F)F)cc1C. The van der Waals surface area contributed by atoms with Gasteiger partial charge in [0.2, 0.25) is 0 Å². The van der Waals surface area contributed by atoms with Gasteiger partial charge < -0.3 is 10.5 Å². The van der Waals surface area contributed by atoms with Crippen molar-refractivity contribution >= 4 is 0 Å². The van der Waals surface area contributed by atoms with Gasteiger partial charge in [0.05, 0.1) is 11.7 Å². The van der Waals surface area contributed by atoms with Crippen LogP contribution < -0.4 is 5.73 Å². The zero-order chi connectivity index (χ0) is 13.9. The molecule has 0 aliphatic rings. The summed E-state index contributed by atoms with van der Waals surface area (Å²) in [6, 6.07) is 3.33. The van der Waals surface area contributed by atoms with Gasteiger partial charge in [-0.15, -0.1) is 0 Å². The van der Waals surface area contributed by atoms with Crippen LogP contribution >= 0.6 is 0 Å². The lowest BCUT2D eigenvalue weighted by Gasteiger charge is -2.19. The minimum Gasteiger partial charge on any atom is -0.382 e. The zero-order valence-corrected chi connectivity index (χ0v) is 10.7. The van der Waals surface area contributed by atoms with E-state index >= 15 is 0 Å². The fourth-order valence-corrected chi connectivity index (χ4v) is 1.85. The molecule has 5 heteroatoms. The quantitative estimate of drug-likeness (QED) is 0.901. The molecule has 0 radical (unpaired) electrons. The highest BCUT2D eigenvalue weighted by molar-refractivity contribution is 5.34. The van der Waals surface area contributed by atoms with E-state index in [1.54, 1.807) is 14.0 Å². The van der Waals surface area contributed by atoms with Gasteiger partial charge in [-0.05, 0) is 43.5 Å². The van der Waals surface area contributed by atoms with Crippen molar-refractivity contribution in [1.29, 1.82) is 0 Å². The summed E-state index contributed by atoms with van der Waals surface area (Å²) >= 11 is 0. The van der Waals surface area contributed by atoms with Crippen molar-refractivity contribution in [2.24, 2.45) is 5.73 Å². The average Bonchev–Trinajstić information content (AvgIpc) is 2.27. The summed E-state index contributed by atoms with van der Waals surface area (Å²) in [4.78, 5) is 0. The first kappa shape index (κ1) is 15.0. The Bertz CT molecular complexity index is 404. The molecule has 0 aromatic heterocycles. The van der Waals surface area contributed by atoms with E-state index in [0.29, 0.717) is 12.0 Å². The summed E-state index contributed by atoms with van der Waals surface area (Å²) in [5, 5.41) is 0. The van der Waals surface area contributed by atoms with Gasteiger partial charge >= 0.3 is 6.18 Å². The molecule has 0 spiro atoms. The number of rotatable bonds is 4. The van der Waals surface area contributed by atoms with Gasteiger partial charge in [0.25, 0.3) is 0 Å². The van der Waals surface area contributed by atoms with E-state index in [1.165, 1.54) is 6.07 Å². The molecule has 2 unspecified atom stereocenters. The number of hydrogen-bond donors (Lipinski definition) is 1. The number of nitrogens with two attached hydrogens (primary N) is 1. The Morgan fingerprint density at radius 2 is 1.94 bits per heavy atom. The Morgan fingerprint density at radius 1 is 1.33 bits per heavy atom. The van der Waals surface area contributed by atoms with Crippen LogP contribution in [-0.2, 0) is 10.9 Å². The van der Waals surface area contributed by atoms with E-state index in [0.717, 1.165) is 17.7 Å². The average molecular weight is 261 g/mol. The van der Waals surface area contributed by atoms with Crippen molar-refractivity contribution < 1.29 is 17.9 Å². The lowest BCUT2D eigenvalue weighted by atomic mass is 9.96. The second kappa shape index (κ2) is 5.71. The Labute approximate surface area is 105 Å². The van der Waals surface area contributed by atoms with Crippen LogP contribution in [0.2, 0.25) is 0 Å². The van der Waals surface area contributed by atoms with E-state index in [4.69, 9.17) is 10.5 Å². The predicted molar refractivity (Wildman–Crippen MR) is 64.2 cm³/mol. The standard InChI is InChI=1S/C13H18F3NO/c1-8-6-10(13(14,15)16)4-5-11(8)12(17)7-9(2)18-3/h4-6,9,12H,7,17H2,1-3H3. The Morgan fingerprint density at radius 3 is 2.39 bits per heavy atom. The summed E-state index contributed by atoms with van der Waals surface area (Å²) < 4.78 is 42.6. The topological polar surface area (TPSA) is 35.2 Å². The van der Waals surface area contributed by atoms with Crippen molar-refractivity contribution in [2.75, 3.05) is 7.11 Å². The van der Waals surface area contributed by atoms with Gasteiger partial charge in [-0.2, -0.15) is 13.2 Å². The highest BCUT2D eigenvalue weighted by Crippen LogP contribution is 2.32. The molecule has 102 valence electrons. The molecule has 0 heterocycles. The number of aryl methyl sites for hydroxylation is 1. The third-order valence-corrected chi connectivity index (χ3v) is 2.98. The molecule has 1 aromatic carbocycles. The first-order valence-electron chi connectivity index (χ1n) is 5.71. The Hall–Kier alpha value is -1.07. The van der Waals surface area contributed by atoms with E-state index in [1.807, 2.05) is 6.92 Å². The molecule has 0 aliphatic heterocycles. The molecule has 0 aliphatic carbocycles. The van der Waals surface area contributed by atoms with Gasteiger partial charge in [0.15, 0.2) is 0 Å². The zero-order valence-electron chi connectivity index (χ0n) is 10.7. The molecule has 18 heavy (non-hydrogen) atoms. The number of alkyl halides is 3. The predicted octanol–water partition coefficient (Wildman–Crippen LogP) is 3.44. The van der Waals surface area contributed by atoms with Gasteiger partial charge in [0.1, 0.15) is 0 Å². The van der Waals surface area contributed by atoms with E-state index in [-0.39, 0.29) is 12.1 Å². The smallest absolute Gasteiger partial charge is 0.382 e. The molecular formula is C13H18F3NO. The van der Waals surface area contributed by atoms with E-state index in [2.05, 4.69) is 0 Å². The Balaban J connectivity index is 2.92. The molecular weight excluding hydrogens is 243 g/mol. The molecule has 2 atom stereocenters. The van der Waals surface area contributed by atoms with Crippen LogP contribution in [0, 0.1) is 6.92 Å². The normalized spacial score (nSPS) is 15.5. The number of hydrogen-bond acceptors (Lipinski definition) is 2. The third kappa shape index (κ3) is 3.71. The molecule has 0 saturated heterocycles. The number of methoxy groups -OCH3 is 1. The largest absolute Gasteiger partial charge is 0.416 e. The summed E-state index contributed by atoms with van der Waals surface area (Å²) in [6.45, 7) is 3.52. The van der Waals surface area contributed by atoms with Gasteiger partial charge in [-0.25, -0.2) is 0 Å². The monoisotopic (exact) mass is 261 g/mol. The maximum Gasteiger partial charge on any atom is 0.416 e. The summed E-state index contributed by atoms with van der Waals surface area (Å²) in [5.74, 6) is 0. The van der Waals surface area contributed by atoms with Crippen LogP contribution in [-0.4, -0.2) is 13.2 Å². The fraction of sp³-hybridized carbons (Fsp3) is 0.538. The minimum absolute atomic E-state index is 0.0262. The lowest BCUT2D eigenvalue weighted by molar-refractivity contribution is -0.137. The van der Waals surface area contributed by atoms with Gasteiger partial charge in [0, 0.05) is 13.2 Å². The summed E-state index contributed by atoms with van der Waals surface area (Å²) in [7, 11) is 1.58. The van der Waals surface area contributed by atoms with Crippen LogP contribution in [0.1, 0.15) is 36.1 Å². The first-order valence-corrected chi connectivity index (χ1v) is 5.71. The second-order valence-electron chi connectivity index (χ2n) is 4.46. The first-order chi connectivity index (χ1) is 8.25. The molecule has 0 bridgehead atoms. The maximum absolute atomic E-state index is 12.5. The maximum atomic E-state index is 12.5. The van der Waals surface area contributed by atoms with E-state index in [9.17, 15) is 13.2 Å². The summed E-state index contributed by atoms with van der Waals surface area (Å²) in [6.07, 6.45) is -3.77. The molecule has 0 saturated carbocycles. The second-order valence-corrected chi connectivity index (χ2v) is 4.46.